The molecule has 1 fully saturated rings. The fourth-order valence-corrected chi connectivity index (χ4v) is 2.05. The van der Waals surface area contributed by atoms with Crippen molar-refractivity contribution in [2.75, 3.05) is 0 Å². The maximum Gasteiger partial charge on any atom is 0.494 e. The van der Waals surface area contributed by atoms with E-state index in [4.69, 9.17) is 9.31 Å². The number of rotatable bonds is 4. The molecule has 1 heterocycles. The summed E-state index contributed by atoms with van der Waals surface area (Å²) >= 11 is 0. The molecule has 0 radical (unpaired) electrons. The van der Waals surface area contributed by atoms with Crippen molar-refractivity contribution >= 4 is 12.6 Å². The van der Waals surface area contributed by atoms with Crippen LogP contribution in [0.1, 0.15) is 33.3 Å². The van der Waals surface area contributed by atoms with Gasteiger partial charge in [0.25, 0.3) is 0 Å². The van der Waals surface area contributed by atoms with E-state index in [9.17, 15) is 13.7 Å². The van der Waals surface area contributed by atoms with E-state index >= 15 is 0 Å². The quantitative estimate of drug-likeness (QED) is 0.488. The largest absolute Gasteiger partial charge is 0.494 e. The molecular formula is C14H18BF2NO3. The Morgan fingerprint density at radius 2 is 1.57 bits per heavy atom. The average molecular weight is 297 g/mol. The maximum atomic E-state index is 12.9. The normalized spacial score (nSPS) is 20.6. The van der Waals surface area contributed by atoms with Gasteiger partial charge in [-0.3, -0.25) is 0 Å². The molecule has 21 heavy (non-hydrogen) atoms. The van der Waals surface area contributed by atoms with Crippen molar-refractivity contribution in [1.29, 1.82) is 0 Å². The molecule has 0 aromatic heterocycles. The van der Waals surface area contributed by atoms with E-state index in [1.54, 1.807) is 12.1 Å². The van der Waals surface area contributed by atoms with Gasteiger partial charge in [-0.1, -0.05) is 24.3 Å². The van der Waals surface area contributed by atoms with Crippen LogP contribution >= 0.6 is 0 Å². The SMILES string of the molecule is CC1(C)OB(c2ccc(CC(F)(F)N=O)cc2)OC1(C)C. The molecule has 1 aliphatic heterocycles. The summed E-state index contributed by atoms with van der Waals surface area (Å²) in [5, 5.41) is 1.82. The lowest BCUT2D eigenvalue weighted by Crippen LogP contribution is -2.41. The van der Waals surface area contributed by atoms with Crippen molar-refractivity contribution in [3.8, 4) is 0 Å². The average Bonchev–Trinajstić information content (AvgIpc) is 2.59. The van der Waals surface area contributed by atoms with Crippen LogP contribution in [0.4, 0.5) is 8.78 Å². The first kappa shape index (κ1) is 16.0. The van der Waals surface area contributed by atoms with Crippen LogP contribution in [0.5, 0.6) is 0 Å². The van der Waals surface area contributed by atoms with Gasteiger partial charge in [0.1, 0.15) is 0 Å². The number of alkyl halides is 2. The Hall–Kier alpha value is -1.34. The van der Waals surface area contributed by atoms with Crippen LogP contribution in [0.2, 0.25) is 0 Å². The Labute approximate surface area is 122 Å². The molecule has 0 bridgehead atoms. The van der Waals surface area contributed by atoms with Crippen molar-refractivity contribution in [3.63, 3.8) is 0 Å². The monoisotopic (exact) mass is 297 g/mol. The lowest BCUT2D eigenvalue weighted by atomic mass is 9.79. The summed E-state index contributed by atoms with van der Waals surface area (Å²) in [7, 11) is -0.534. The molecule has 1 aromatic rings. The van der Waals surface area contributed by atoms with Crippen molar-refractivity contribution in [2.45, 2.75) is 51.4 Å². The highest BCUT2D eigenvalue weighted by Crippen LogP contribution is 2.36. The Bertz CT molecular complexity index is 516. The van der Waals surface area contributed by atoms with Gasteiger partial charge in [0.05, 0.1) is 17.6 Å². The fraction of sp³-hybridized carbons (Fsp3) is 0.571. The summed E-state index contributed by atoms with van der Waals surface area (Å²) in [5.74, 6) is 0. The molecule has 0 amide bonds. The third-order valence-corrected chi connectivity index (χ3v) is 4.06. The van der Waals surface area contributed by atoms with E-state index in [0.717, 1.165) is 5.46 Å². The first-order chi connectivity index (χ1) is 9.56. The number of nitroso groups, excluding NO2 is 1. The number of hydrogen-bond donors (Lipinski definition) is 0. The summed E-state index contributed by atoms with van der Waals surface area (Å²) < 4.78 is 37.6. The summed E-state index contributed by atoms with van der Waals surface area (Å²) in [5.41, 5.74) is 0.176. The van der Waals surface area contributed by atoms with E-state index in [1.807, 2.05) is 32.9 Å². The highest BCUT2D eigenvalue weighted by atomic mass is 19.3. The Kier molecular flexibility index (Phi) is 3.93. The molecule has 4 nitrogen and oxygen atoms in total. The van der Waals surface area contributed by atoms with Gasteiger partial charge in [-0.25, -0.2) is 0 Å². The molecule has 0 unspecified atom stereocenters. The topological polar surface area (TPSA) is 47.9 Å². The van der Waals surface area contributed by atoms with E-state index in [-0.39, 0.29) is 0 Å². The van der Waals surface area contributed by atoms with Gasteiger partial charge in [-0.05, 0) is 38.7 Å². The minimum Gasteiger partial charge on any atom is -0.399 e. The van der Waals surface area contributed by atoms with Crippen molar-refractivity contribution in [3.05, 3.63) is 34.7 Å². The molecule has 1 aliphatic rings. The van der Waals surface area contributed by atoms with Gasteiger partial charge in [-0.2, -0.15) is 8.78 Å². The molecule has 1 aromatic carbocycles. The van der Waals surface area contributed by atoms with Crippen molar-refractivity contribution < 1.29 is 18.1 Å². The van der Waals surface area contributed by atoms with Gasteiger partial charge in [0.2, 0.25) is 0 Å². The van der Waals surface area contributed by atoms with Crippen LogP contribution in [-0.4, -0.2) is 24.4 Å². The van der Waals surface area contributed by atoms with Crippen LogP contribution in [0.3, 0.4) is 0 Å². The summed E-state index contributed by atoms with van der Waals surface area (Å²) in [6.45, 7) is 7.77. The van der Waals surface area contributed by atoms with Gasteiger partial charge in [0.15, 0.2) is 0 Å². The molecule has 114 valence electrons. The Morgan fingerprint density at radius 1 is 1.10 bits per heavy atom. The number of hydrogen-bond acceptors (Lipinski definition) is 4. The van der Waals surface area contributed by atoms with E-state index in [1.165, 1.54) is 12.1 Å². The molecular weight excluding hydrogens is 279 g/mol. The molecule has 2 rings (SSSR count). The van der Waals surface area contributed by atoms with Crippen LogP contribution in [-0.2, 0) is 15.7 Å². The second-order valence-electron chi connectivity index (χ2n) is 6.26. The summed E-state index contributed by atoms with van der Waals surface area (Å²) in [6, 6.07) is 2.81. The zero-order valence-corrected chi connectivity index (χ0v) is 12.5. The first-order valence-corrected chi connectivity index (χ1v) is 6.73. The lowest BCUT2D eigenvalue weighted by molar-refractivity contribution is 0.00578. The van der Waals surface area contributed by atoms with E-state index < -0.39 is 30.8 Å². The van der Waals surface area contributed by atoms with Crippen LogP contribution in [0.25, 0.3) is 0 Å². The van der Waals surface area contributed by atoms with Crippen LogP contribution in [0.15, 0.2) is 29.4 Å². The van der Waals surface area contributed by atoms with Gasteiger partial charge >= 0.3 is 13.2 Å². The molecule has 7 heteroatoms. The molecule has 0 spiro atoms. The third kappa shape index (κ3) is 3.29. The summed E-state index contributed by atoms with van der Waals surface area (Å²) in [4.78, 5) is 10.0. The maximum absolute atomic E-state index is 12.9. The Morgan fingerprint density at radius 3 is 2.00 bits per heavy atom. The second kappa shape index (κ2) is 5.14. The highest BCUT2D eigenvalue weighted by Gasteiger charge is 2.51. The molecule has 0 atom stereocenters. The lowest BCUT2D eigenvalue weighted by Gasteiger charge is -2.32. The fourth-order valence-electron chi connectivity index (χ4n) is 2.05. The number of halogens is 2. The van der Waals surface area contributed by atoms with Gasteiger partial charge in [-0.15, -0.1) is 4.91 Å². The predicted octanol–water partition coefficient (Wildman–Crippen LogP) is 2.89. The standard InChI is InChI=1S/C14H18BF2NO3/c1-12(2)13(3,4)21-15(20-12)11-7-5-10(6-8-11)9-14(16,17)18-19/h5-8H,9H2,1-4H3. The highest BCUT2D eigenvalue weighted by molar-refractivity contribution is 6.62. The predicted molar refractivity (Wildman–Crippen MR) is 76.6 cm³/mol. The number of nitrogens with zero attached hydrogens (tertiary/aromatic N) is 1. The molecule has 0 aliphatic carbocycles. The molecule has 1 saturated heterocycles. The van der Waals surface area contributed by atoms with Gasteiger partial charge in [0, 0.05) is 5.18 Å². The van der Waals surface area contributed by atoms with Crippen LogP contribution in [0, 0.1) is 4.91 Å². The van der Waals surface area contributed by atoms with Crippen molar-refractivity contribution in [2.24, 2.45) is 5.18 Å². The minimum atomic E-state index is -3.58. The zero-order valence-electron chi connectivity index (χ0n) is 12.5. The third-order valence-electron chi connectivity index (χ3n) is 4.06. The summed E-state index contributed by atoms with van der Waals surface area (Å²) in [6.07, 6.45) is -0.708. The first-order valence-electron chi connectivity index (χ1n) is 6.73. The van der Waals surface area contributed by atoms with Crippen molar-refractivity contribution in [1.82, 2.24) is 0 Å². The van der Waals surface area contributed by atoms with Crippen LogP contribution < -0.4 is 5.46 Å². The number of benzene rings is 1. The van der Waals surface area contributed by atoms with E-state index in [0.29, 0.717) is 5.56 Å². The zero-order chi connectivity index (χ0) is 15.9. The minimum absolute atomic E-state index is 0.333. The molecule has 0 saturated carbocycles. The Balaban J connectivity index is 2.12. The van der Waals surface area contributed by atoms with Gasteiger partial charge < -0.3 is 9.31 Å². The van der Waals surface area contributed by atoms with E-state index in [2.05, 4.69) is 0 Å². The second-order valence-corrected chi connectivity index (χ2v) is 6.26. The smallest absolute Gasteiger partial charge is 0.399 e. The molecule has 0 N–H and O–H groups in total.